The molecule has 1 aromatic heterocycles. The van der Waals surface area contributed by atoms with Crippen molar-refractivity contribution < 1.29 is 4.74 Å². The molecule has 2 aromatic rings. The van der Waals surface area contributed by atoms with Crippen LogP contribution in [0.15, 0.2) is 28.9 Å². The molecule has 106 valence electrons. The van der Waals surface area contributed by atoms with Gasteiger partial charge in [-0.15, -0.1) is 0 Å². The minimum atomic E-state index is 0.916. The smallest absolute Gasteiger partial charge is 0.132 e. The van der Waals surface area contributed by atoms with Crippen molar-refractivity contribution in [1.29, 1.82) is 0 Å². The van der Waals surface area contributed by atoms with Crippen molar-refractivity contribution in [3.8, 4) is 5.75 Å². The number of ether oxygens (including phenoxy) is 1. The van der Waals surface area contributed by atoms with Crippen LogP contribution in [0.1, 0.15) is 16.7 Å². The maximum absolute atomic E-state index is 5.36. The third-order valence-electron chi connectivity index (χ3n) is 3.67. The fourth-order valence-corrected chi connectivity index (χ4v) is 2.41. The van der Waals surface area contributed by atoms with E-state index < -0.39 is 0 Å². The van der Waals surface area contributed by atoms with Gasteiger partial charge in [-0.3, -0.25) is 0 Å². The first-order chi connectivity index (χ1) is 9.45. The minimum absolute atomic E-state index is 0.916. The Balaban J connectivity index is 2.45. The Kier molecular flexibility index (Phi) is 4.33. The molecule has 1 heterocycles. The summed E-state index contributed by atoms with van der Waals surface area (Å²) in [5.74, 6) is 1.85. The van der Waals surface area contributed by atoms with E-state index in [1.807, 2.05) is 19.3 Å². The van der Waals surface area contributed by atoms with Crippen LogP contribution in [0.2, 0.25) is 0 Å². The van der Waals surface area contributed by atoms with Crippen LogP contribution in [-0.4, -0.2) is 19.1 Å². The SMILES string of the molecule is COc1ccc(N(C)c2cc(C)c(Br)cn2)c(C)c1C. The molecule has 0 fully saturated rings. The topological polar surface area (TPSA) is 25.4 Å². The molecule has 0 aliphatic heterocycles. The van der Waals surface area contributed by atoms with Crippen LogP contribution >= 0.6 is 15.9 Å². The molecule has 0 amide bonds. The molecule has 0 N–H and O–H groups in total. The molecule has 0 aliphatic rings. The molecule has 0 aliphatic carbocycles. The zero-order valence-corrected chi connectivity index (χ0v) is 14.1. The van der Waals surface area contributed by atoms with Gasteiger partial charge < -0.3 is 9.64 Å². The second-order valence-electron chi connectivity index (χ2n) is 4.89. The monoisotopic (exact) mass is 334 g/mol. The molecular weight excluding hydrogens is 316 g/mol. The van der Waals surface area contributed by atoms with Crippen LogP contribution in [-0.2, 0) is 0 Å². The summed E-state index contributed by atoms with van der Waals surface area (Å²) in [6.07, 6.45) is 1.84. The minimum Gasteiger partial charge on any atom is -0.496 e. The number of hydrogen-bond acceptors (Lipinski definition) is 3. The van der Waals surface area contributed by atoms with E-state index >= 15 is 0 Å². The van der Waals surface area contributed by atoms with Gasteiger partial charge in [0.05, 0.1) is 7.11 Å². The maximum Gasteiger partial charge on any atom is 0.132 e. The highest BCUT2D eigenvalue weighted by molar-refractivity contribution is 9.10. The normalized spacial score (nSPS) is 10.5. The highest BCUT2D eigenvalue weighted by Gasteiger charge is 2.13. The van der Waals surface area contributed by atoms with Crippen molar-refractivity contribution in [3.63, 3.8) is 0 Å². The number of aromatic nitrogens is 1. The Morgan fingerprint density at radius 3 is 2.45 bits per heavy atom. The fraction of sp³-hybridized carbons (Fsp3) is 0.312. The van der Waals surface area contributed by atoms with Crippen LogP contribution in [0.5, 0.6) is 5.75 Å². The number of aryl methyl sites for hydroxylation is 1. The van der Waals surface area contributed by atoms with Crippen molar-refractivity contribution in [2.45, 2.75) is 20.8 Å². The molecule has 0 saturated carbocycles. The molecule has 0 atom stereocenters. The molecule has 0 bridgehead atoms. The van der Waals surface area contributed by atoms with E-state index in [0.29, 0.717) is 0 Å². The lowest BCUT2D eigenvalue weighted by atomic mass is 10.1. The van der Waals surface area contributed by atoms with Crippen molar-refractivity contribution in [1.82, 2.24) is 4.98 Å². The van der Waals surface area contributed by atoms with E-state index in [1.54, 1.807) is 7.11 Å². The van der Waals surface area contributed by atoms with Gasteiger partial charge in [-0.2, -0.15) is 0 Å². The molecule has 0 radical (unpaired) electrons. The predicted molar refractivity (Wildman–Crippen MR) is 87.2 cm³/mol. The first kappa shape index (κ1) is 14.9. The van der Waals surface area contributed by atoms with Crippen molar-refractivity contribution in [2.75, 3.05) is 19.1 Å². The van der Waals surface area contributed by atoms with Crippen LogP contribution < -0.4 is 9.64 Å². The van der Waals surface area contributed by atoms with Crippen LogP contribution in [0.4, 0.5) is 11.5 Å². The number of pyridine rings is 1. The molecule has 4 heteroatoms. The standard InChI is InChI=1S/C16H19BrN2O/c1-10-8-16(18-9-13(10)17)19(4)14-6-7-15(20-5)12(3)11(14)2/h6-9H,1-5H3. The average molecular weight is 335 g/mol. The number of nitrogens with zero attached hydrogens (tertiary/aromatic N) is 2. The molecule has 20 heavy (non-hydrogen) atoms. The van der Waals surface area contributed by atoms with Gasteiger partial charge in [-0.1, -0.05) is 0 Å². The van der Waals surface area contributed by atoms with Crippen LogP contribution in [0.3, 0.4) is 0 Å². The third kappa shape index (κ3) is 2.66. The summed E-state index contributed by atoms with van der Waals surface area (Å²) in [6, 6.07) is 6.14. The summed E-state index contributed by atoms with van der Waals surface area (Å²) >= 11 is 3.48. The number of halogens is 1. The lowest BCUT2D eigenvalue weighted by Crippen LogP contribution is -2.13. The Morgan fingerprint density at radius 1 is 1.15 bits per heavy atom. The van der Waals surface area contributed by atoms with Gasteiger partial charge in [-0.25, -0.2) is 4.98 Å². The number of benzene rings is 1. The second kappa shape index (κ2) is 5.83. The van der Waals surface area contributed by atoms with E-state index in [2.05, 4.69) is 58.7 Å². The number of anilines is 2. The van der Waals surface area contributed by atoms with Crippen molar-refractivity contribution in [3.05, 3.63) is 45.6 Å². The van der Waals surface area contributed by atoms with Gasteiger partial charge in [-0.05, 0) is 71.6 Å². The molecule has 0 unspecified atom stereocenters. The quantitative estimate of drug-likeness (QED) is 0.823. The van der Waals surface area contributed by atoms with E-state index in [1.165, 1.54) is 11.1 Å². The van der Waals surface area contributed by atoms with E-state index in [9.17, 15) is 0 Å². The second-order valence-corrected chi connectivity index (χ2v) is 5.74. The summed E-state index contributed by atoms with van der Waals surface area (Å²) < 4.78 is 6.39. The third-order valence-corrected chi connectivity index (χ3v) is 4.50. The van der Waals surface area contributed by atoms with Gasteiger partial charge in [0.15, 0.2) is 0 Å². The van der Waals surface area contributed by atoms with Gasteiger partial charge in [0.1, 0.15) is 11.6 Å². The van der Waals surface area contributed by atoms with Gasteiger partial charge in [0.25, 0.3) is 0 Å². The molecule has 0 spiro atoms. The van der Waals surface area contributed by atoms with Crippen molar-refractivity contribution in [2.24, 2.45) is 0 Å². The van der Waals surface area contributed by atoms with E-state index in [0.717, 1.165) is 27.3 Å². The van der Waals surface area contributed by atoms with Gasteiger partial charge in [0.2, 0.25) is 0 Å². The Bertz CT molecular complexity index is 641. The van der Waals surface area contributed by atoms with Gasteiger partial charge >= 0.3 is 0 Å². The molecule has 1 aromatic carbocycles. The summed E-state index contributed by atoms with van der Waals surface area (Å²) in [6.45, 7) is 6.25. The Morgan fingerprint density at radius 2 is 1.85 bits per heavy atom. The number of methoxy groups -OCH3 is 1. The number of rotatable bonds is 3. The summed E-state index contributed by atoms with van der Waals surface area (Å²) in [4.78, 5) is 6.57. The highest BCUT2D eigenvalue weighted by Crippen LogP contribution is 2.33. The first-order valence-corrected chi connectivity index (χ1v) is 7.25. The van der Waals surface area contributed by atoms with E-state index in [-0.39, 0.29) is 0 Å². The van der Waals surface area contributed by atoms with Crippen molar-refractivity contribution >= 4 is 27.4 Å². The summed E-state index contributed by atoms with van der Waals surface area (Å²) in [7, 11) is 3.73. The molecule has 3 nitrogen and oxygen atoms in total. The predicted octanol–water partition coefficient (Wildman–Crippen LogP) is 4.55. The molecule has 2 rings (SSSR count). The van der Waals surface area contributed by atoms with Crippen LogP contribution in [0.25, 0.3) is 0 Å². The zero-order chi connectivity index (χ0) is 14.9. The lowest BCUT2D eigenvalue weighted by Gasteiger charge is -2.23. The summed E-state index contributed by atoms with van der Waals surface area (Å²) in [5, 5.41) is 0. The fourth-order valence-electron chi connectivity index (χ4n) is 2.20. The van der Waals surface area contributed by atoms with E-state index in [4.69, 9.17) is 4.74 Å². The Hall–Kier alpha value is -1.55. The first-order valence-electron chi connectivity index (χ1n) is 6.45. The maximum atomic E-state index is 5.36. The summed E-state index contributed by atoms with van der Waals surface area (Å²) in [5.41, 5.74) is 4.67. The molecule has 0 saturated heterocycles. The van der Waals surface area contributed by atoms with Gasteiger partial charge in [0, 0.05) is 23.4 Å². The number of hydrogen-bond donors (Lipinski definition) is 0. The average Bonchev–Trinajstić information content (AvgIpc) is 2.44. The highest BCUT2D eigenvalue weighted by atomic mass is 79.9. The largest absolute Gasteiger partial charge is 0.496 e. The molecular formula is C16H19BrN2O. The lowest BCUT2D eigenvalue weighted by molar-refractivity contribution is 0.411. The Labute approximate surface area is 128 Å². The zero-order valence-electron chi connectivity index (χ0n) is 12.5. The van der Waals surface area contributed by atoms with Crippen LogP contribution in [0, 0.1) is 20.8 Å².